The summed E-state index contributed by atoms with van der Waals surface area (Å²) in [7, 11) is 0. The zero-order valence-electron chi connectivity index (χ0n) is 9.18. The lowest BCUT2D eigenvalue weighted by Gasteiger charge is -2.07. The lowest BCUT2D eigenvalue weighted by Crippen LogP contribution is -1.99. The third-order valence-electron chi connectivity index (χ3n) is 2.59. The highest BCUT2D eigenvalue weighted by Gasteiger charge is 2.11. The molecule has 0 aliphatic carbocycles. The Balaban J connectivity index is 2.55. The van der Waals surface area contributed by atoms with Crippen LogP contribution >= 0.6 is 11.6 Å². The maximum absolute atomic E-state index is 13.6. The van der Waals surface area contributed by atoms with E-state index in [1.54, 1.807) is 6.07 Å². The first-order valence-corrected chi connectivity index (χ1v) is 5.54. The molecule has 0 aliphatic heterocycles. The fourth-order valence-corrected chi connectivity index (χ4v) is 1.88. The van der Waals surface area contributed by atoms with Crippen molar-refractivity contribution in [2.24, 2.45) is 5.73 Å². The molecule has 2 rings (SSSR count). The van der Waals surface area contributed by atoms with E-state index in [1.807, 2.05) is 0 Å². The lowest BCUT2D eigenvalue weighted by molar-refractivity contribution is 0.509. The highest BCUT2D eigenvalue weighted by Crippen LogP contribution is 2.30. The summed E-state index contributed by atoms with van der Waals surface area (Å²) in [6.07, 6.45) is 0. The third-order valence-corrected chi connectivity index (χ3v) is 2.91. The van der Waals surface area contributed by atoms with Gasteiger partial charge in [-0.3, -0.25) is 0 Å². The Morgan fingerprint density at radius 1 is 0.944 bits per heavy atom. The molecule has 0 saturated heterocycles. The number of rotatable bonds is 2. The number of hydrogen-bond donors (Lipinski definition) is 1. The second-order valence-electron chi connectivity index (χ2n) is 3.76. The van der Waals surface area contributed by atoms with Crippen molar-refractivity contribution in [2.45, 2.75) is 6.54 Å². The van der Waals surface area contributed by atoms with Crippen LogP contribution in [0.2, 0.25) is 5.02 Å². The average Bonchev–Trinajstić information content (AvgIpc) is 2.33. The third kappa shape index (κ3) is 2.35. The second-order valence-corrected chi connectivity index (χ2v) is 4.16. The van der Waals surface area contributed by atoms with Crippen LogP contribution in [0.5, 0.6) is 0 Å². The molecule has 0 atom stereocenters. The predicted octanol–water partition coefficient (Wildman–Crippen LogP) is 3.88. The molecule has 0 unspecified atom stereocenters. The summed E-state index contributed by atoms with van der Waals surface area (Å²) in [5.41, 5.74) is 6.29. The van der Waals surface area contributed by atoms with E-state index in [2.05, 4.69) is 0 Å². The van der Waals surface area contributed by atoms with E-state index >= 15 is 0 Å². The van der Waals surface area contributed by atoms with Crippen LogP contribution in [0.4, 0.5) is 13.2 Å². The van der Waals surface area contributed by atoms with Gasteiger partial charge in [0, 0.05) is 17.7 Å². The minimum atomic E-state index is -1.04. The van der Waals surface area contributed by atoms with Crippen molar-refractivity contribution < 1.29 is 13.2 Å². The summed E-state index contributed by atoms with van der Waals surface area (Å²) in [5.74, 6) is -2.57. The Morgan fingerprint density at radius 3 is 2.22 bits per heavy atom. The molecule has 0 amide bonds. The van der Waals surface area contributed by atoms with Gasteiger partial charge in [0.25, 0.3) is 0 Å². The molecule has 0 saturated carbocycles. The fraction of sp³-hybridized carbons (Fsp3) is 0.0769. The summed E-state index contributed by atoms with van der Waals surface area (Å²) in [5, 5.41) is 0.0220. The average molecular weight is 272 g/mol. The smallest absolute Gasteiger partial charge is 0.160 e. The van der Waals surface area contributed by atoms with E-state index < -0.39 is 17.5 Å². The van der Waals surface area contributed by atoms with Crippen LogP contribution in [0.1, 0.15) is 5.56 Å². The Bertz CT molecular complexity index is 599. The molecule has 0 spiro atoms. The standard InChI is InChI=1S/C13H9ClF3N/c14-10-5-13(17)12(16)4-9(10)7-1-2-8(6-18)11(15)3-7/h1-5H,6,18H2. The van der Waals surface area contributed by atoms with Gasteiger partial charge in [0.15, 0.2) is 11.6 Å². The number of benzene rings is 2. The molecule has 1 nitrogen and oxygen atoms in total. The molecular formula is C13H9ClF3N. The van der Waals surface area contributed by atoms with Gasteiger partial charge in [-0.2, -0.15) is 0 Å². The predicted molar refractivity (Wildman–Crippen MR) is 64.7 cm³/mol. The normalized spacial score (nSPS) is 10.7. The van der Waals surface area contributed by atoms with Gasteiger partial charge >= 0.3 is 0 Å². The molecule has 0 heterocycles. The van der Waals surface area contributed by atoms with Gasteiger partial charge in [-0.1, -0.05) is 23.7 Å². The molecule has 0 radical (unpaired) electrons. The van der Waals surface area contributed by atoms with Crippen LogP contribution in [-0.2, 0) is 6.54 Å². The maximum Gasteiger partial charge on any atom is 0.160 e. The summed E-state index contributed by atoms with van der Waals surface area (Å²) < 4.78 is 39.6. The summed E-state index contributed by atoms with van der Waals surface area (Å²) in [6, 6.07) is 6.04. The Labute approximate surface area is 107 Å². The van der Waals surface area contributed by atoms with Crippen molar-refractivity contribution in [3.05, 3.63) is 58.4 Å². The van der Waals surface area contributed by atoms with Crippen molar-refractivity contribution >= 4 is 11.6 Å². The Hall–Kier alpha value is -1.52. The van der Waals surface area contributed by atoms with Crippen molar-refractivity contribution in [1.82, 2.24) is 0 Å². The SMILES string of the molecule is NCc1ccc(-c2cc(F)c(F)cc2Cl)cc1F. The summed E-state index contributed by atoms with van der Waals surface area (Å²) >= 11 is 5.81. The van der Waals surface area contributed by atoms with Crippen LogP contribution in [0.25, 0.3) is 11.1 Å². The number of nitrogens with two attached hydrogens (primary N) is 1. The molecule has 18 heavy (non-hydrogen) atoms. The van der Waals surface area contributed by atoms with Gasteiger partial charge in [0.05, 0.1) is 5.02 Å². The molecule has 94 valence electrons. The van der Waals surface area contributed by atoms with Crippen LogP contribution in [0.3, 0.4) is 0 Å². The molecule has 2 aromatic rings. The van der Waals surface area contributed by atoms with Gasteiger partial charge in [-0.05, 0) is 23.8 Å². The van der Waals surface area contributed by atoms with Gasteiger partial charge < -0.3 is 5.73 Å². The maximum atomic E-state index is 13.6. The summed E-state index contributed by atoms with van der Waals surface area (Å²) in [6.45, 7) is 0.0671. The first-order chi connectivity index (χ1) is 8.52. The molecule has 0 aliphatic rings. The molecule has 0 bridgehead atoms. The van der Waals surface area contributed by atoms with E-state index in [0.717, 1.165) is 12.1 Å². The van der Waals surface area contributed by atoms with Gasteiger partial charge in [-0.25, -0.2) is 13.2 Å². The van der Waals surface area contributed by atoms with Crippen LogP contribution < -0.4 is 5.73 Å². The quantitative estimate of drug-likeness (QED) is 0.824. The minimum absolute atomic E-state index is 0.0220. The molecule has 2 N–H and O–H groups in total. The highest BCUT2D eigenvalue weighted by molar-refractivity contribution is 6.33. The first-order valence-electron chi connectivity index (χ1n) is 5.16. The van der Waals surface area contributed by atoms with Crippen LogP contribution in [0.15, 0.2) is 30.3 Å². The Morgan fingerprint density at radius 2 is 1.61 bits per heavy atom. The lowest BCUT2D eigenvalue weighted by atomic mass is 10.0. The monoisotopic (exact) mass is 271 g/mol. The Kier molecular flexibility index (Phi) is 3.59. The zero-order chi connectivity index (χ0) is 13.3. The topological polar surface area (TPSA) is 26.0 Å². The first kappa shape index (κ1) is 12.9. The van der Waals surface area contributed by atoms with Gasteiger partial charge in [0.1, 0.15) is 5.82 Å². The largest absolute Gasteiger partial charge is 0.326 e. The van der Waals surface area contributed by atoms with Crippen molar-refractivity contribution in [2.75, 3.05) is 0 Å². The van der Waals surface area contributed by atoms with Gasteiger partial charge in [0.2, 0.25) is 0 Å². The van der Waals surface area contributed by atoms with Crippen LogP contribution in [0, 0.1) is 17.5 Å². The van der Waals surface area contributed by atoms with E-state index in [0.29, 0.717) is 11.1 Å². The van der Waals surface area contributed by atoms with Crippen molar-refractivity contribution in [1.29, 1.82) is 0 Å². The molecular weight excluding hydrogens is 263 g/mol. The van der Waals surface area contributed by atoms with E-state index in [9.17, 15) is 13.2 Å². The number of halogens is 4. The molecule has 0 fully saturated rings. The van der Waals surface area contributed by atoms with Crippen molar-refractivity contribution in [3.8, 4) is 11.1 Å². The van der Waals surface area contributed by atoms with Crippen LogP contribution in [-0.4, -0.2) is 0 Å². The minimum Gasteiger partial charge on any atom is -0.326 e. The van der Waals surface area contributed by atoms with E-state index in [1.165, 1.54) is 12.1 Å². The number of hydrogen-bond acceptors (Lipinski definition) is 1. The van der Waals surface area contributed by atoms with Crippen molar-refractivity contribution in [3.63, 3.8) is 0 Å². The summed E-state index contributed by atoms with van der Waals surface area (Å²) in [4.78, 5) is 0. The second kappa shape index (κ2) is 5.00. The van der Waals surface area contributed by atoms with Gasteiger partial charge in [-0.15, -0.1) is 0 Å². The molecule has 5 heteroatoms. The van der Waals surface area contributed by atoms with E-state index in [4.69, 9.17) is 17.3 Å². The molecule has 2 aromatic carbocycles. The molecule has 0 aromatic heterocycles. The highest BCUT2D eigenvalue weighted by atomic mass is 35.5. The fourth-order valence-electron chi connectivity index (χ4n) is 1.62. The van der Waals surface area contributed by atoms with E-state index in [-0.39, 0.29) is 17.1 Å². The zero-order valence-corrected chi connectivity index (χ0v) is 9.94.